The Labute approximate surface area is 198 Å². The number of alkyl halides is 3. The Hall–Kier alpha value is -4.82. The van der Waals surface area contributed by atoms with E-state index < -0.39 is 39.5 Å². The van der Waals surface area contributed by atoms with Crippen molar-refractivity contribution in [1.29, 1.82) is 0 Å². The molecule has 2 aromatic carbocycles. The van der Waals surface area contributed by atoms with Crippen molar-refractivity contribution in [2.45, 2.75) is 20.0 Å². The summed E-state index contributed by atoms with van der Waals surface area (Å²) in [7, 11) is 1.47. The number of aryl methyl sites for hydroxylation is 2. The Kier molecular flexibility index (Phi) is 5.91. The number of para-hydroxylation sites is 1. The molecule has 0 saturated heterocycles. The third-order valence-corrected chi connectivity index (χ3v) is 5.06. The molecule has 0 aliphatic heterocycles. The summed E-state index contributed by atoms with van der Waals surface area (Å²) in [5.41, 5.74) is -1.26. The number of carbonyl (C=O) groups is 1. The molecule has 2 N–H and O–H groups in total. The number of fused-ring (bicyclic) bond motifs is 2. The number of aromatic nitrogens is 4. The largest absolute Gasteiger partial charge is 0.494 e. The maximum atomic E-state index is 12.9. The van der Waals surface area contributed by atoms with Gasteiger partial charge in [-0.1, -0.05) is 12.1 Å². The van der Waals surface area contributed by atoms with E-state index in [4.69, 9.17) is 4.74 Å². The van der Waals surface area contributed by atoms with Gasteiger partial charge in [-0.25, -0.2) is 19.7 Å². The highest BCUT2D eigenvalue weighted by atomic mass is 19.4. The average Bonchev–Trinajstić information content (AvgIpc) is 2.79. The van der Waals surface area contributed by atoms with Crippen LogP contribution in [0.4, 0.5) is 30.8 Å². The molecular formula is C21H15F3N6O6. The van der Waals surface area contributed by atoms with Crippen molar-refractivity contribution in [1.82, 2.24) is 19.9 Å². The van der Waals surface area contributed by atoms with E-state index in [1.807, 2.05) is 0 Å². The van der Waals surface area contributed by atoms with Gasteiger partial charge in [0.15, 0.2) is 0 Å². The van der Waals surface area contributed by atoms with Crippen LogP contribution >= 0.6 is 0 Å². The van der Waals surface area contributed by atoms with E-state index in [0.29, 0.717) is 22.3 Å². The average molecular weight is 504 g/mol. The number of anilines is 2. The zero-order valence-electron chi connectivity index (χ0n) is 18.7. The number of nitro benzene ring substituents is 1. The number of hydrogen-bond donors (Lipinski definition) is 2. The standard InChI is InChI=1S/C21H15F3N6O6/c1-8-7-11(30(33)34)16(36-18(32)21(22,23)24)13-14(8)26-20(28-17(13)31)29-19-25-9(2)10-5-4-6-12(35-3)15(10)27-19/h4-7H,1-3H3,(H2,25,26,27,28,29,31). The summed E-state index contributed by atoms with van der Waals surface area (Å²) < 4.78 is 47.9. The Morgan fingerprint density at radius 2 is 1.89 bits per heavy atom. The highest BCUT2D eigenvalue weighted by Gasteiger charge is 2.43. The van der Waals surface area contributed by atoms with Gasteiger partial charge in [0.05, 0.1) is 23.2 Å². The third-order valence-electron chi connectivity index (χ3n) is 5.06. The zero-order chi connectivity index (χ0) is 26.4. The lowest BCUT2D eigenvalue weighted by Gasteiger charge is -2.13. The van der Waals surface area contributed by atoms with E-state index in [1.54, 1.807) is 25.1 Å². The van der Waals surface area contributed by atoms with Crippen molar-refractivity contribution in [3.63, 3.8) is 0 Å². The second kappa shape index (κ2) is 8.75. The Balaban J connectivity index is 1.87. The number of esters is 1. The lowest BCUT2D eigenvalue weighted by molar-refractivity contribution is -0.385. The lowest BCUT2D eigenvalue weighted by atomic mass is 10.1. The number of H-pyrrole nitrogens is 1. The summed E-state index contributed by atoms with van der Waals surface area (Å²) in [5, 5.41) is 14.1. The molecule has 186 valence electrons. The van der Waals surface area contributed by atoms with Gasteiger partial charge in [-0.05, 0) is 25.5 Å². The molecular weight excluding hydrogens is 489 g/mol. The van der Waals surface area contributed by atoms with Gasteiger partial charge in [0, 0.05) is 11.5 Å². The number of rotatable bonds is 5. The molecule has 15 heteroatoms. The minimum Gasteiger partial charge on any atom is -0.494 e. The van der Waals surface area contributed by atoms with Crippen LogP contribution in [0.3, 0.4) is 0 Å². The zero-order valence-corrected chi connectivity index (χ0v) is 18.7. The molecule has 12 nitrogen and oxygen atoms in total. The van der Waals surface area contributed by atoms with Crippen LogP contribution in [-0.2, 0) is 4.79 Å². The van der Waals surface area contributed by atoms with Crippen LogP contribution in [-0.4, -0.2) is 44.1 Å². The van der Waals surface area contributed by atoms with Crippen molar-refractivity contribution in [3.8, 4) is 11.5 Å². The second-order valence-corrected chi connectivity index (χ2v) is 7.44. The number of methoxy groups -OCH3 is 1. The first-order chi connectivity index (χ1) is 16.9. The predicted octanol–water partition coefficient (Wildman–Crippen LogP) is 3.61. The quantitative estimate of drug-likeness (QED) is 0.178. The molecule has 0 bridgehead atoms. The Morgan fingerprint density at radius 3 is 2.53 bits per heavy atom. The predicted molar refractivity (Wildman–Crippen MR) is 120 cm³/mol. The van der Waals surface area contributed by atoms with Gasteiger partial charge in [-0.2, -0.15) is 13.2 Å². The van der Waals surface area contributed by atoms with E-state index in [9.17, 15) is 32.9 Å². The number of nitrogens with zero attached hydrogens (tertiary/aromatic N) is 4. The molecule has 0 atom stereocenters. The maximum Gasteiger partial charge on any atom is 0.491 e. The summed E-state index contributed by atoms with van der Waals surface area (Å²) in [4.78, 5) is 49.7. The van der Waals surface area contributed by atoms with Crippen molar-refractivity contribution in [3.05, 3.63) is 56.0 Å². The van der Waals surface area contributed by atoms with Gasteiger partial charge in [-0.3, -0.25) is 25.2 Å². The normalized spacial score (nSPS) is 11.5. The minimum atomic E-state index is -5.46. The first-order valence-corrected chi connectivity index (χ1v) is 10.00. The van der Waals surface area contributed by atoms with E-state index in [2.05, 4.69) is 30.0 Å². The third kappa shape index (κ3) is 4.33. The smallest absolute Gasteiger partial charge is 0.491 e. The van der Waals surface area contributed by atoms with Crippen LogP contribution in [0.1, 0.15) is 11.3 Å². The summed E-state index contributed by atoms with van der Waals surface area (Å²) in [6.07, 6.45) is -5.46. The van der Waals surface area contributed by atoms with Crippen LogP contribution in [0.2, 0.25) is 0 Å². The van der Waals surface area contributed by atoms with Gasteiger partial charge in [0.1, 0.15) is 16.7 Å². The molecule has 0 unspecified atom stereocenters. The van der Waals surface area contributed by atoms with Crippen molar-refractivity contribution in [2.75, 3.05) is 12.4 Å². The molecule has 0 aliphatic rings. The fourth-order valence-electron chi connectivity index (χ4n) is 3.49. The van der Waals surface area contributed by atoms with Gasteiger partial charge in [-0.15, -0.1) is 0 Å². The van der Waals surface area contributed by atoms with Crippen LogP contribution < -0.4 is 20.3 Å². The van der Waals surface area contributed by atoms with E-state index in [0.717, 1.165) is 6.07 Å². The molecule has 0 amide bonds. The molecule has 4 rings (SSSR count). The van der Waals surface area contributed by atoms with Crippen LogP contribution in [0.25, 0.3) is 21.8 Å². The molecule has 0 spiro atoms. The number of hydrogen-bond acceptors (Lipinski definition) is 10. The molecule has 0 aliphatic carbocycles. The van der Waals surface area contributed by atoms with Gasteiger partial charge in [0.25, 0.3) is 5.56 Å². The molecule has 2 heterocycles. The highest BCUT2D eigenvalue weighted by molar-refractivity contribution is 5.94. The van der Waals surface area contributed by atoms with E-state index in [1.165, 1.54) is 14.0 Å². The molecule has 0 saturated carbocycles. The number of carbonyl (C=O) groups excluding carboxylic acids is 1. The Bertz CT molecular complexity index is 1620. The molecule has 4 aromatic rings. The van der Waals surface area contributed by atoms with Crippen molar-refractivity contribution < 1.29 is 32.4 Å². The number of halogens is 3. The monoisotopic (exact) mass is 504 g/mol. The highest BCUT2D eigenvalue weighted by Crippen LogP contribution is 2.37. The summed E-state index contributed by atoms with van der Waals surface area (Å²) in [5.74, 6) is -3.65. The molecule has 2 aromatic heterocycles. The summed E-state index contributed by atoms with van der Waals surface area (Å²) >= 11 is 0. The van der Waals surface area contributed by atoms with Crippen molar-refractivity contribution >= 4 is 45.4 Å². The van der Waals surface area contributed by atoms with Crippen molar-refractivity contribution in [2.24, 2.45) is 0 Å². The maximum absolute atomic E-state index is 12.9. The summed E-state index contributed by atoms with van der Waals surface area (Å²) in [6, 6.07) is 6.08. The second-order valence-electron chi connectivity index (χ2n) is 7.44. The number of ether oxygens (including phenoxy) is 2. The minimum absolute atomic E-state index is 0.00953. The number of aromatic amines is 1. The molecule has 0 radical (unpaired) electrons. The van der Waals surface area contributed by atoms with E-state index >= 15 is 0 Å². The first-order valence-electron chi connectivity index (χ1n) is 10.00. The van der Waals surface area contributed by atoms with E-state index in [-0.39, 0.29) is 23.0 Å². The fraction of sp³-hybridized carbons (Fsp3) is 0.190. The molecule has 36 heavy (non-hydrogen) atoms. The van der Waals surface area contributed by atoms with Gasteiger partial charge in [0.2, 0.25) is 17.6 Å². The Morgan fingerprint density at radius 1 is 1.17 bits per heavy atom. The number of benzene rings is 2. The fourth-order valence-corrected chi connectivity index (χ4v) is 3.49. The lowest BCUT2D eigenvalue weighted by Crippen LogP contribution is -2.29. The number of nitrogens with one attached hydrogen (secondary N) is 2. The van der Waals surface area contributed by atoms with Gasteiger partial charge >= 0.3 is 17.8 Å². The van der Waals surface area contributed by atoms with Crippen LogP contribution in [0.5, 0.6) is 11.5 Å². The number of nitro groups is 1. The topological polar surface area (TPSA) is 162 Å². The van der Waals surface area contributed by atoms with Crippen LogP contribution in [0, 0.1) is 24.0 Å². The molecule has 0 fully saturated rings. The van der Waals surface area contributed by atoms with Crippen LogP contribution in [0.15, 0.2) is 29.1 Å². The van der Waals surface area contributed by atoms with Gasteiger partial charge < -0.3 is 9.47 Å². The first kappa shape index (κ1) is 24.3. The summed E-state index contributed by atoms with van der Waals surface area (Å²) in [6.45, 7) is 3.07. The SMILES string of the molecule is COc1cccc2c(C)nc(Nc3nc4c(C)cc([N+](=O)[O-])c(OC(=O)C(F)(F)F)c4c(=O)[nH]3)nc12.